The van der Waals surface area contributed by atoms with E-state index in [1.807, 2.05) is 0 Å². The fourth-order valence-corrected chi connectivity index (χ4v) is 5.95. The molecule has 2 aromatic rings. The summed E-state index contributed by atoms with van der Waals surface area (Å²) in [6, 6.07) is -0.941. The molecule has 4 rings (SSSR count). The Balaban J connectivity index is 1.70. The highest BCUT2D eigenvalue weighted by Crippen LogP contribution is 2.50. The Kier molecular flexibility index (Phi) is 5.93. The zero-order valence-electron chi connectivity index (χ0n) is 17.3. The lowest BCUT2D eigenvalue weighted by atomic mass is 10.00. The lowest BCUT2D eigenvalue weighted by Crippen LogP contribution is -2.20. The van der Waals surface area contributed by atoms with E-state index in [0.717, 1.165) is 11.3 Å². The van der Waals surface area contributed by atoms with Crippen molar-refractivity contribution in [2.75, 3.05) is 5.32 Å². The van der Waals surface area contributed by atoms with Crippen molar-refractivity contribution >= 4 is 33.9 Å². The largest absolute Gasteiger partial charge is 0.433 e. The maximum atomic E-state index is 14.7. The van der Waals surface area contributed by atoms with E-state index >= 15 is 0 Å². The molecule has 6 nitrogen and oxygen atoms in total. The number of carbonyl (C=O) groups excluding carboxylic acids is 1. The Morgan fingerprint density at radius 3 is 2.59 bits per heavy atom. The number of hydrogen-bond donors (Lipinski definition) is 3. The summed E-state index contributed by atoms with van der Waals surface area (Å²) < 4.78 is 59.6. The van der Waals surface area contributed by atoms with Gasteiger partial charge in [0.1, 0.15) is 9.90 Å². The second kappa shape index (κ2) is 8.15. The van der Waals surface area contributed by atoms with Crippen LogP contribution in [-0.4, -0.2) is 16.1 Å². The fourth-order valence-electron chi connectivity index (χ4n) is 3.87. The van der Waals surface area contributed by atoms with E-state index in [4.69, 9.17) is 5.14 Å². The normalized spacial score (nSPS) is 17.5. The van der Waals surface area contributed by atoms with Gasteiger partial charge in [-0.15, -0.1) is 11.3 Å². The second-order valence-corrected chi connectivity index (χ2v) is 10.8. The summed E-state index contributed by atoms with van der Waals surface area (Å²) in [6.45, 7) is 2.84. The molecule has 0 aliphatic heterocycles. The van der Waals surface area contributed by atoms with Crippen LogP contribution in [0.2, 0.25) is 0 Å². The number of carbonyl (C=O) groups is 1. The average molecular weight is 491 g/mol. The summed E-state index contributed by atoms with van der Waals surface area (Å²) in [5, 5.41) is 19.9. The summed E-state index contributed by atoms with van der Waals surface area (Å²) in [5.74, 6) is -1.06. The number of alkyl halides is 3. The van der Waals surface area contributed by atoms with E-state index in [9.17, 15) is 27.5 Å². The summed E-state index contributed by atoms with van der Waals surface area (Å²) in [7, 11) is -1.68. The zero-order valence-corrected chi connectivity index (χ0v) is 19.0. The van der Waals surface area contributed by atoms with E-state index in [1.165, 1.54) is 19.2 Å². The van der Waals surface area contributed by atoms with E-state index in [1.54, 1.807) is 0 Å². The summed E-state index contributed by atoms with van der Waals surface area (Å²) in [6.07, 6.45) is -1.90. The quantitative estimate of drug-likeness (QED) is 0.516. The first-order chi connectivity index (χ1) is 14.9. The van der Waals surface area contributed by atoms with Crippen LogP contribution in [0.15, 0.2) is 14.0 Å². The molecule has 0 bridgehead atoms. The van der Waals surface area contributed by atoms with Crippen molar-refractivity contribution in [3.8, 4) is 0 Å². The molecule has 2 aliphatic carbocycles. The highest BCUT2D eigenvalue weighted by atomic mass is 32.2. The summed E-state index contributed by atoms with van der Waals surface area (Å²) in [4.78, 5) is 16.5. The van der Waals surface area contributed by atoms with Crippen LogP contribution in [0.1, 0.15) is 67.1 Å². The molecule has 32 heavy (non-hydrogen) atoms. The van der Waals surface area contributed by atoms with Crippen LogP contribution >= 0.6 is 11.3 Å². The van der Waals surface area contributed by atoms with Crippen molar-refractivity contribution in [2.24, 2.45) is 9.50 Å². The Hall–Kier alpha value is -1.89. The van der Waals surface area contributed by atoms with Gasteiger partial charge < -0.3 is 10.4 Å². The summed E-state index contributed by atoms with van der Waals surface area (Å²) >= 11 is 0.923. The molecule has 1 saturated carbocycles. The molecule has 12 heteroatoms. The predicted octanol–water partition coefficient (Wildman–Crippen LogP) is 5.16. The standard InChI is InChI=1S/C20H22F4N4O2S2/c1-19(2,30)11-8-31-17(14(11)21)32(25)28-18(29)27-15-10-4-3-5-12(10)26-16(20(22,23)24)13(15)9-6-7-9/h8-9,30H,3-7H2,1-2H3,(H3,25,26,27,28,29). The van der Waals surface area contributed by atoms with E-state index in [-0.39, 0.29) is 26.9 Å². The van der Waals surface area contributed by atoms with Gasteiger partial charge in [-0.2, -0.15) is 17.5 Å². The number of aliphatic hydroxyl groups is 1. The highest BCUT2D eigenvalue weighted by molar-refractivity contribution is 7.87. The number of nitrogens with two attached hydrogens (primary N) is 1. The third-order valence-electron chi connectivity index (χ3n) is 5.48. The molecular weight excluding hydrogens is 468 g/mol. The number of nitrogens with one attached hydrogen (secondary N) is 1. The van der Waals surface area contributed by atoms with Crippen molar-refractivity contribution in [3.05, 3.63) is 39.3 Å². The molecule has 2 aromatic heterocycles. The molecule has 1 unspecified atom stereocenters. The first-order valence-electron chi connectivity index (χ1n) is 10.0. The number of fused-ring (bicyclic) bond motifs is 1. The first kappa shape index (κ1) is 23.3. The van der Waals surface area contributed by atoms with Gasteiger partial charge >= 0.3 is 12.2 Å². The number of pyridine rings is 1. The van der Waals surface area contributed by atoms with Gasteiger partial charge in [0.25, 0.3) is 0 Å². The molecule has 2 amide bonds. The topological polar surface area (TPSA) is 101 Å². The van der Waals surface area contributed by atoms with Crippen molar-refractivity contribution < 1.29 is 27.5 Å². The number of amides is 2. The van der Waals surface area contributed by atoms with Crippen LogP contribution in [0.3, 0.4) is 0 Å². The molecule has 174 valence electrons. The van der Waals surface area contributed by atoms with Crippen molar-refractivity contribution in [3.63, 3.8) is 0 Å². The van der Waals surface area contributed by atoms with Crippen LogP contribution < -0.4 is 10.5 Å². The van der Waals surface area contributed by atoms with E-state index < -0.39 is 40.2 Å². The molecule has 2 aliphatic rings. The van der Waals surface area contributed by atoms with E-state index in [2.05, 4.69) is 14.7 Å². The Morgan fingerprint density at radius 2 is 2.03 bits per heavy atom. The van der Waals surface area contributed by atoms with Gasteiger partial charge in [-0.1, -0.05) is 0 Å². The van der Waals surface area contributed by atoms with Gasteiger partial charge in [-0.05, 0) is 57.4 Å². The average Bonchev–Trinajstić information content (AvgIpc) is 3.23. The maximum Gasteiger partial charge on any atom is 0.433 e. The van der Waals surface area contributed by atoms with Crippen molar-refractivity contribution in [1.29, 1.82) is 0 Å². The molecule has 4 N–H and O–H groups in total. The third kappa shape index (κ3) is 4.45. The Bertz CT molecular complexity index is 1120. The van der Waals surface area contributed by atoms with Gasteiger partial charge in [0, 0.05) is 33.1 Å². The lowest BCUT2D eigenvalue weighted by molar-refractivity contribution is -0.141. The number of hydrogen-bond acceptors (Lipinski definition) is 4. The number of thiophene rings is 1. The van der Waals surface area contributed by atoms with E-state index in [0.29, 0.717) is 43.4 Å². The minimum atomic E-state index is -4.64. The van der Waals surface area contributed by atoms with Gasteiger partial charge in [-0.3, -0.25) is 5.14 Å². The van der Waals surface area contributed by atoms with Crippen LogP contribution in [0.4, 0.5) is 28.0 Å². The number of aryl methyl sites for hydroxylation is 1. The Morgan fingerprint density at radius 1 is 1.34 bits per heavy atom. The number of nitrogens with zero attached hydrogens (tertiary/aromatic N) is 2. The van der Waals surface area contributed by atoms with Gasteiger partial charge in [-0.25, -0.2) is 14.2 Å². The van der Waals surface area contributed by atoms with Gasteiger partial charge in [0.05, 0.1) is 11.3 Å². The molecule has 0 aromatic carbocycles. The van der Waals surface area contributed by atoms with Crippen molar-refractivity contribution in [2.45, 2.75) is 67.9 Å². The predicted molar refractivity (Wildman–Crippen MR) is 114 cm³/mol. The maximum absolute atomic E-state index is 14.7. The Labute approximate surface area is 188 Å². The number of anilines is 1. The number of halogens is 4. The molecule has 0 radical (unpaired) electrons. The molecule has 1 atom stereocenters. The fraction of sp³-hybridized carbons (Fsp3) is 0.500. The first-order valence-corrected chi connectivity index (χ1v) is 12.1. The van der Waals surface area contributed by atoms with Crippen LogP contribution in [0.25, 0.3) is 0 Å². The lowest BCUT2D eigenvalue weighted by Gasteiger charge is -2.19. The van der Waals surface area contributed by atoms with Gasteiger partial charge in [0.2, 0.25) is 0 Å². The highest BCUT2D eigenvalue weighted by Gasteiger charge is 2.43. The number of urea groups is 1. The molecule has 0 saturated heterocycles. The minimum Gasteiger partial charge on any atom is -0.386 e. The van der Waals surface area contributed by atoms with Crippen molar-refractivity contribution in [1.82, 2.24) is 4.98 Å². The monoisotopic (exact) mass is 490 g/mol. The minimum absolute atomic E-state index is 0.00484. The smallest absolute Gasteiger partial charge is 0.386 e. The van der Waals surface area contributed by atoms with Crippen LogP contribution in [0, 0.1) is 5.82 Å². The number of aromatic nitrogens is 1. The second-order valence-electron chi connectivity index (χ2n) is 8.45. The zero-order chi connectivity index (χ0) is 23.4. The molecule has 0 spiro atoms. The molecule has 2 heterocycles. The van der Waals surface area contributed by atoms with Crippen LogP contribution in [-0.2, 0) is 35.5 Å². The van der Waals surface area contributed by atoms with Gasteiger partial charge in [0.15, 0.2) is 5.82 Å². The number of rotatable bonds is 4. The van der Waals surface area contributed by atoms with Crippen LogP contribution in [0.5, 0.6) is 0 Å². The molecule has 1 fully saturated rings. The SMILES string of the molecule is CC(C)(O)c1csc(/S(N)=N\C(=O)Nc2c3c(nc(C(F)(F)F)c2C2CC2)CCC3)c1F. The molecular formula is C20H22F4N4O2S2. The third-order valence-corrected chi connectivity index (χ3v) is 7.95. The summed E-state index contributed by atoms with van der Waals surface area (Å²) in [5.41, 5.74) is -1.29.